The molecule has 0 aliphatic carbocycles. The zero-order chi connectivity index (χ0) is 10.4. The normalized spacial score (nSPS) is 11.2. The predicted molar refractivity (Wildman–Crippen MR) is 54.8 cm³/mol. The Morgan fingerprint density at radius 2 is 2.21 bits per heavy atom. The Balaban J connectivity index is 2.37. The van der Waals surface area contributed by atoms with Crippen molar-refractivity contribution in [2.75, 3.05) is 23.4 Å². The summed E-state index contributed by atoms with van der Waals surface area (Å²) in [6.45, 7) is 2.01. The lowest BCUT2D eigenvalue weighted by Gasteiger charge is -2.03. The van der Waals surface area contributed by atoms with Gasteiger partial charge in [0.1, 0.15) is 5.82 Å². The largest absolute Gasteiger partial charge is 0.368 e. The van der Waals surface area contributed by atoms with Crippen molar-refractivity contribution in [3.8, 4) is 0 Å². The Labute approximate surface area is 83.5 Å². The minimum Gasteiger partial charge on any atom is -0.368 e. The molecule has 0 aliphatic rings. The molecule has 5 nitrogen and oxygen atoms in total. The highest BCUT2D eigenvalue weighted by Crippen LogP contribution is 1.97. The molecule has 0 saturated carbocycles. The molecule has 0 unspecified atom stereocenters. The van der Waals surface area contributed by atoms with Crippen molar-refractivity contribution < 1.29 is 8.42 Å². The molecule has 14 heavy (non-hydrogen) atoms. The topological polar surface area (TPSA) is 72.0 Å². The van der Waals surface area contributed by atoms with Crippen LogP contribution in [0.25, 0.3) is 0 Å². The summed E-state index contributed by atoms with van der Waals surface area (Å²) in [5.74, 6) is 0.897. The molecule has 1 aromatic heterocycles. The Kier molecular flexibility index (Phi) is 3.82. The molecule has 1 rings (SSSR count). The van der Waals surface area contributed by atoms with E-state index in [1.165, 1.54) is 0 Å². The van der Waals surface area contributed by atoms with Crippen LogP contribution in [0.15, 0.2) is 18.6 Å². The van der Waals surface area contributed by atoms with Gasteiger partial charge < -0.3 is 5.32 Å². The first kappa shape index (κ1) is 10.9. The van der Waals surface area contributed by atoms with Crippen LogP contribution < -0.4 is 5.32 Å². The van der Waals surface area contributed by atoms with Gasteiger partial charge in [0.05, 0.1) is 11.9 Å². The summed E-state index contributed by atoms with van der Waals surface area (Å²) in [5.41, 5.74) is 0. The average molecular weight is 215 g/mol. The molecule has 0 fully saturated rings. The first-order chi connectivity index (χ1) is 6.64. The molecule has 1 N–H and O–H groups in total. The monoisotopic (exact) mass is 215 g/mol. The van der Waals surface area contributed by atoms with Gasteiger partial charge in [0.25, 0.3) is 0 Å². The minimum absolute atomic E-state index is 0.125. The van der Waals surface area contributed by atoms with E-state index in [0.717, 1.165) is 0 Å². The fourth-order valence-corrected chi connectivity index (χ4v) is 1.57. The molecule has 0 amide bonds. The van der Waals surface area contributed by atoms with Crippen LogP contribution in [0, 0.1) is 0 Å². The standard InChI is InChI=1S/C8H13N3O2S/c1-2-14(12,13)6-5-11-8-7-9-3-4-10-8/h3-4,7H,2,5-6H2,1H3,(H,10,11). The zero-order valence-electron chi connectivity index (χ0n) is 7.97. The fraction of sp³-hybridized carbons (Fsp3) is 0.500. The third-order valence-electron chi connectivity index (χ3n) is 1.72. The second-order valence-electron chi connectivity index (χ2n) is 2.75. The van der Waals surface area contributed by atoms with Gasteiger partial charge in [-0.3, -0.25) is 4.98 Å². The third kappa shape index (κ3) is 3.69. The summed E-state index contributed by atoms with van der Waals surface area (Å²) in [6.07, 6.45) is 4.67. The van der Waals surface area contributed by atoms with Gasteiger partial charge >= 0.3 is 0 Å². The second kappa shape index (κ2) is 4.90. The van der Waals surface area contributed by atoms with Crippen molar-refractivity contribution in [2.24, 2.45) is 0 Å². The van der Waals surface area contributed by atoms with E-state index in [1.54, 1.807) is 25.5 Å². The van der Waals surface area contributed by atoms with E-state index in [9.17, 15) is 8.42 Å². The fourth-order valence-electron chi connectivity index (χ4n) is 0.869. The number of rotatable bonds is 5. The summed E-state index contributed by atoms with van der Waals surface area (Å²) in [4.78, 5) is 7.80. The lowest BCUT2D eigenvalue weighted by Crippen LogP contribution is -2.17. The highest BCUT2D eigenvalue weighted by atomic mass is 32.2. The molecular weight excluding hydrogens is 202 g/mol. The van der Waals surface area contributed by atoms with Crippen LogP contribution in [0.1, 0.15) is 6.92 Å². The van der Waals surface area contributed by atoms with Crippen LogP contribution in [0.5, 0.6) is 0 Å². The summed E-state index contributed by atoms with van der Waals surface area (Å²) in [6, 6.07) is 0. The van der Waals surface area contributed by atoms with E-state index >= 15 is 0 Å². The predicted octanol–water partition coefficient (Wildman–Crippen LogP) is 0.323. The molecule has 1 aromatic rings. The van der Waals surface area contributed by atoms with Gasteiger partial charge in [0, 0.05) is 24.7 Å². The molecule has 0 spiro atoms. The van der Waals surface area contributed by atoms with Crippen molar-refractivity contribution in [2.45, 2.75) is 6.92 Å². The summed E-state index contributed by atoms with van der Waals surface area (Å²) in [5, 5.41) is 2.88. The molecule has 0 aliphatic heterocycles. The van der Waals surface area contributed by atoms with Crippen molar-refractivity contribution in [3.05, 3.63) is 18.6 Å². The van der Waals surface area contributed by atoms with Gasteiger partial charge in [0.2, 0.25) is 0 Å². The van der Waals surface area contributed by atoms with Crippen LogP contribution in [0.3, 0.4) is 0 Å². The van der Waals surface area contributed by atoms with Crippen LogP contribution in [-0.2, 0) is 9.84 Å². The quantitative estimate of drug-likeness (QED) is 0.766. The van der Waals surface area contributed by atoms with Gasteiger partial charge in [0.15, 0.2) is 9.84 Å². The van der Waals surface area contributed by atoms with Crippen LogP contribution >= 0.6 is 0 Å². The SMILES string of the molecule is CCS(=O)(=O)CCNc1cnccn1. The lowest BCUT2D eigenvalue weighted by atomic mass is 10.6. The van der Waals surface area contributed by atoms with Crippen molar-refractivity contribution in [3.63, 3.8) is 0 Å². The van der Waals surface area contributed by atoms with Crippen LogP contribution in [0.4, 0.5) is 5.82 Å². The summed E-state index contributed by atoms with van der Waals surface area (Å²) >= 11 is 0. The number of anilines is 1. The van der Waals surface area contributed by atoms with Gasteiger partial charge in [-0.15, -0.1) is 0 Å². The van der Waals surface area contributed by atoms with Crippen molar-refractivity contribution in [1.29, 1.82) is 0 Å². The van der Waals surface area contributed by atoms with Crippen molar-refractivity contribution >= 4 is 15.7 Å². The van der Waals surface area contributed by atoms with E-state index in [1.807, 2.05) is 0 Å². The lowest BCUT2D eigenvalue weighted by molar-refractivity contribution is 0.597. The molecule has 6 heteroatoms. The van der Waals surface area contributed by atoms with E-state index in [4.69, 9.17) is 0 Å². The third-order valence-corrected chi connectivity index (χ3v) is 3.43. The maximum absolute atomic E-state index is 11.1. The van der Waals surface area contributed by atoms with Crippen molar-refractivity contribution in [1.82, 2.24) is 9.97 Å². The number of hydrogen-bond acceptors (Lipinski definition) is 5. The van der Waals surface area contributed by atoms with Gasteiger partial charge in [-0.2, -0.15) is 0 Å². The number of hydrogen-bond donors (Lipinski definition) is 1. The highest BCUT2D eigenvalue weighted by molar-refractivity contribution is 7.91. The van der Waals surface area contributed by atoms with E-state index in [0.29, 0.717) is 12.4 Å². The van der Waals surface area contributed by atoms with E-state index in [2.05, 4.69) is 15.3 Å². The molecule has 0 bridgehead atoms. The molecule has 0 aromatic carbocycles. The summed E-state index contributed by atoms with van der Waals surface area (Å²) in [7, 11) is -2.90. The van der Waals surface area contributed by atoms with E-state index < -0.39 is 9.84 Å². The number of nitrogens with zero attached hydrogens (tertiary/aromatic N) is 2. The number of sulfone groups is 1. The maximum atomic E-state index is 11.1. The van der Waals surface area contributed by atoms with Gasteiger partial charge in [-0.1, -0.05) is 6.92 Å². The first-order valence-electron chi connectivity index (χ1n) is 4.34. The van der Waals surface area contributed by atoms with Gasteiger partial charge in [-0.25, -0.2) is 13.4 Å². The van der Waals surface area contributed by atoms with Crippen LogP contribution in [0.2, 0.25) is 0 Å². The Morgan fingerprint density at radius 3 is 2.79 bits per heavy atom. The Morgan fingerprint density at radius 1 is 1.43 bits per heavy atom. The Bertz CT molecular complexity index is 363. The molecule has 1 heterocycles. The maximum Gasteiger partial charge on any atom is 0.151 e. The minimum atomic E-state index is -2.90. The number of aromatic nitrogens is 2. The second-order valence-corrected chi connectivity index (χ2v) is 5.23. The molecule has 0 atom stereocenters. The highest BCUT2D eigenvalue weighted by Gasteiger charge is 2.06. The van der Waals surface area contributed by atoms with E-state index in [-0.39, 0.29) is 11.5 Å². The molecule has 0 saturated heterocycles. The smallest absolute Gasteiger partial charge is 0.151 e. The molecule has 0 radical (unpaired) electrons. The summed E-state index contributed by atoms with van der Waals surface area (Å²) < 4.78 is 22.2. The van der Waals surface area contributed by atoms with Gasteiger partial charge in [-0.05, 0) is 0 Å². The first-order valence-corrected chi connectivity index (χ1v) is 6.16. The average Bonchev–Trinajstić information content (AvgIpc) is 2.19. The Hall–Kier alpha value is -1.17. The molecular formula is C8H13N3O2S. The zero-order valence-corrected chi connectivity index (χ0v) is 8.79. The van der Waals surface area contributed by atoms with Crippen LogP contribution in [-0.4, -0.2) is 36.4 Å². The number of nitrogens with one attached hydrogen (secondary N) is 1. The molecule has 78 valence electrons.